The third kappa shape index (κ3) is 2.58. The van der Waals surface area contributed by atoms with Crippen LogP contribution in [0.4, 0.5) is 13.2 Å². The molecule has 3 nitrogen and oxygen atoms in total. The van der Waals surface area contributed by atoms with Crippen molar-refractivity contribution in [3.63, 3.8) is 0 Å². The van der Waals surface area contributed by atoms with E-state index >= 15 is 0 Å². The van der Waals surface area contributed by atoms with E-state index in [-0.39, 0.29) is 11.3 Å². The highest BCUT2D eigenvalue weighted by atomic mass is 19.4. The first-order valence-corrected chi connectivity index (χ1v) is 4.74. The van der Waals surface area contributed by atoms with Gasteiger partial charge in [0.15, 0.2) is 0 Å². The third-order valence-corrected chi connectivity index (χ3v) is 2.23. The predicted molar refractivity (Wildman–Crippen MR) is 56.0 cm³/mol. The molecule has 0 aliphatic heterocycles. The molecule has 17 heavy (non-hydrogen) atoms. The number of H-pyrrole nitrogens is 1. The van der Waals surface area contributed by atoms with Gasteiger partial charge >= 0.3 is 6.36 Å². The Bertz CT molecular complexity index is 616. The summed E-state index contributed by atoms with van der Waals surface area (Å²) in [4.78, 5) is 13.8. The van der Waals surface area contributed by atoms with Crippen LogP contribution in [-0.2, 0) is 0 Å². The molecule has 2 rings (SSSR count). The monoisotopic (exact) mass is 243 g/mol. The topological polar surface area (TPSA) is 42.1 Å². The summed E-state index contributed by atoms with van der Waals surface area (Å²) in [6, 6.07) is 5.27. The lowest BCUT2D eigenvalue weighted by Gasteiger charge is -2.09. The smallest absolute Gasteiger partial charge is 0.406 e. The number of fused-ring (bicyclic) bond motifs is 1. The molecular weight excluding hydrogens is 235 g/mol. The summed E-state index contributed by atoms with van der Waals surface area (Å²) in [6.07, 6.45) is -4.72. The van der Waals surface area contributed by atoms with Gasteiger partial charge in [0.1, 0.15) is 5.75 Å². The van der Waals surface area contributed by atoms with Gasteiger partial charge in [0.05, 0.1) is 0 Å². The Hall–Kier alpha value is -1.98. The molecule has 0 saturated carbocycles. The molecule has 0 radical (unpaired) electrons. The normalized spacial score (nSPS) is 11.8. The summed E-state index contributed by atoms with van der Waals surface area (Å²) in [5.74, 6) is -0.309. The summed E-state index contributed by atoms with van der Waals surface area (Å²) in [5, 5.41) is 0.490. The van der Waals surface area contributed by atoms with Crippen molar-refractivity contribution in [2.24, 2.45) is 0 Å². The number of aromatic amines is 1. The number of hydrogen-bond acceptors (Lipinski definition) is 2. The van der Waals surface area contributed by atoms with Crippen molar-refractivity contribution in [2.45, 2.75) is 13.3 Å². The van der Waals surface area contributed by atoms with Crippen molar-refractivity contribution in [3.05, 3.63) is 40.2 Å². The largest absolute Gasteiger partial charge is 0.573 e. The Kier molecular flexibility index (Phi) is 2.57. The first-order valence-electron chi connectivity index (χ1n) is 4.74. The highest BCUT2D eigenvalue weighted by molar-refractivity contribution is 5.80. The number of aryl methyl sites for hydroxylation is 1. The fraction of sp³-hybridized carbons (Fsp3) is 0.182. The van der Waals surface area contributed by atoms with Gasteiger partial charge in [0, 0.05) is 16.5 Å². The number of benzene rings is 1. The highest BCUT2D eigenvalue weighted by Crippen LogP contribution is 2.25. The Balaban J connectivity index is 2.51. The predicted octanol–water partition coefficient (Wildman–Crippen LogP) is 2.74. The Morgan fingerprint density at radius 1 is 1.24 bits per heavy atom. The van der Waals surface area contributed by atoms with Crippen LogP contribution in [0.25, 0.3) is 10.9 Å². The molecule has 2 aromatic rings. The number of hydrogen-bond donors (Lipinski definition) is 1. The van der Waals surface area contributed by atoms with Gasteiger partial charge < -0.3 is 9.72 Å². The second-order valence-electron chi connectivity index (χ2n) is 3.58. The van der Waals surface area contributed by atoms with Gasteiger partial charge in [-0.3, -0.25) is 4.79 Å². The van der Waals surface area contributed by atoms with Crippen LogP contribution in [-0.4, -0.2) is 11.3 Å². The van der Waals surface area contributed by atoms with Crippen LogP contribution in [0.3, 0.4) is 0 Å². The van der Waals surface area contributed by atoms with Crippen LogP contribution in [0.15, 0.2) is 29.1 Å². The van der Waals surface area contributed by atoms with Crippen molar-refractivity contribution in [1.82, 2.24) is 4.98 Å². The molecule has 1 aromatic heterocycles. The van der Waals surface area contributed by atoms with Crippen molar-refractivity contribution >= 4 is 10.9 Å². The lowest BCUT2D eigenvalue weighted by molar-refractivity contribution is -0.274. The molecular formula is C11H8F3NO2. The van der Waals surface area contributed by atoms with Crippen molar-refractivity contribution < 1.29 is 17.9 Å². The molecule has 6 heteroatoms. The van der Waals surface area contributed by atoms with E-state index in [9.17, 15) is 18.0 Å². The summed E-state index contributed by atoms with van der Waals surface area (Å²) in [7, 11) is 0. The fourth-order valence-corrected chi connectivity index (χ4v) is 1.49. The molecule has 0 atom stereocenters. The lowest BCUT2D eigenvalue weighted by atomic mass is 10.1. The van der Waals surface area contributed by atoms with Crippen LogP contribution in [0, 0.1) is 6.92 Å². The molecule has 0 amide bonds. The van der Waals surface area contributed by atoms with Crippen LogP contribution in [0.1, 0.15) is 5.56 Å². The van der Waals surface area contributed by atoms with E-state index < -0.39 is 6.36 Å². The zero-order chi connectivity index (χ0) is 12.6. The number of nitrogens with one attached hydrogen (secondary N) is 1. The van der Waals surface area contributed by atoms with Gasteiger partial charge in [0.2, 0.25) is 0 Å². The van der Waals surface area contributed by atoms with Gasteiger partial charge in [-0.05, 0) is 31.2 Å². The quantitative estimate of drug-likeness (QED) is 0.836. The number of pyridine rings is 1. The number of alkyl halides is 3. The first kappa shape index (κ1) is 11.5. The Morgan fingerprint density at radius 2 is 1.94 bits per heavy atom. The van der Waals surface area contributed by atoms with E-state index in [1.54, 1.807) is 6.92 Å². The van der Waals surface area contributed by atoms with Gasteiger partial charge in [-0.25, -0.2) is 0 Å². The van der Waals surface area contributed by atoms with Crippen molar-refractivity contribution in [2.75, 3.05) is 0 Å². The standard InChI is InChI=1S/C11H8F3NO2/c1-6-4-7-5-8(17-11(12,13)14)2-3-9(7)15-10(6)16/h2-5H,1H3,(H,15,16). The average Bonchev–Trinajstić information content (AvgIpc) is 2.18. The van der Waals surface area contributed by atoms with Crippen LogP contribution in [0.2, 0.25) is 0 Å². The van der Waals surface area contributed by atoms with E-state index in [0.717, 1.165) is 6.07 Å². The molecule has 0 saturated heterocycles. The van der Waals surface area contributed by atoms with Crippen LogP contribution < -0.4 is 10.3 Å². The molecule has 1 heterocycles. The minimum atomic E-state index is -4.72. The van der Waals surface area contributed by atoms with Crippen LogP contribution in [0.5, 0.6) is 5.75 Å². The van der Waals surface area contributed by atoms with E-state index in [0.29, 0.717) is 16.5 Å². The molecule has 1 aromatic carbocycles. The van der Waals surface area contributed by atoms with Crippen molar-refractivity contribution in [1.29, 1.82) is 0 Å². The average molecular weight is 243 g/mol. The molecule has 0 aliphatic rings. The minimum absolute atomic E-state index is 0.262. The first-order chi connectivity index (χ1) is 7.85. The van der Waals surface area contributed by atoms with Crippen molar-refractivity contribution in [3.8, 4) is 5.75 Å². The Labute approximate surface area is 93.8 Å². The fourth-order valence-electron chi connectivity index (χ4n) is 1.49. The molecule has 0 spiro atoms. The van der Waals surface area contributed by atoms with Gasteiger partial charge in [-0.15, -0.1) is 13.2 Å². The highest BCUT2D eigenvalue weighted by Gasteiger charge is 2.31. The summed E-state index contributed by atoms with van der Waals surface area (Å²) in [6.45, 7) is 1.58. The lowest BCUT2D eigenvalue weighted by Crippen LogP contribution is -2.17. The molecule has 0 fully saturated rings. The third-order valence-electron chi connectivity index (χ3n) is 2.23. The van der Waals surface area contributed by atoms with E-state index in [1.807, 2.05) is 0 Å². The Morgan fingerprint density at radius 3 is 2.59 bits per heavy atom. The van der Waals surface area contributed by atoms with Crippen LogP contribution >= 0.6 is 0 Å². The van der Waals surface area contributed by atoms with E-state index in [1.165, 1.54) is 18.2 Å². The van der Waals surface area contributed by atoms with Gasteiger partial charge in [-0.1, -0.05) is 0 Å². The summed E-state index contributed by atoms with van der Waals surface area (Å²) in [5.41, 5.74) is 0.638. The molecule has 0 unspecified atom stereocenters. The number of rotatable bonds is 1. The molecule has 0 aliphatic carbocycles. The zero-order valence-corrected chi connectivity index (χ0v) is 8.76. The number of halogens is 3. The van der Waals surface area contributed by atoms with E-state index in [2.05, 4.69) is 9.72 Å². The summed E-state index contributed by atoms with van der Waals surface area (Å²) < 4.78 is 39.8. The maximum Gasteiger partial charge on any atom is 0.573 e. The number of ether oxygens (including phenoxy) is 1. The molecule has 1 N–H and O–H groups in total. The SMILES string of the molecule is Cc1cc2cc(OC(F)(F)F)ccc2[nH]c1=O. The maximum absolute atomic E-state index is 12.0. The minimum Gasteiger partial charge on any atom is -0.406 e. The second-order valence-corrected chi connectivity index (χ2v) is 3.58. The van der Waals surface area contributed by atoms with E-state index in [4.69, 9.17) is 0 Å². The van der Waals surface area contributed by atoms with Gasteiger partial charge in [-0.2, -0.15) is 0 Å². The second kappa shape index (κ2) is 3.80. The molecule has 90 valence electrons. The van der Waals surface area contributed by atoms with Gasteiger partial charge in [0.25, 0.3) is 5.56 Å². The zero-order valence-electron chi connectivity index (χ0n) is 8.76. The molecule has 0 bridgehead atoms. The summed E-state index contributed by atoms with van der Waals surface area (Å²) >= 11 is 0. The maximum atomic E-state index is 12.0. The number of aromatic nitrogens is 1.